The summed E-state index contributed by atoms with van der Waals surface area (Å²) in [7, 11) is 1.72. The third kappa shape index (κ3) is 9.92. The molecular formula is C20H35N3O2S. The maximum atomic E-state index is 5.41. The molecule has 0 heterocycles. The summed E-state index contributed by atoms with van der Waals surface area (Å²) in [4.78, 5) is 5.91. The quantitative estimate of drug-likeness (QED) is 0.236. The van der Waals surface area contributed by atoms with Crippen LogP contribution >= 0.6 is 11.8 Å². The number of para-hydroxylation sites is 1. The molecule has 0 saturated carbocycles. The van der Waals surface area contributed by atoms with E-state index in [1.165, 1.54) is 4.90 Å². The van der Waals surface area contributed by atoms with Crippen LogP contribution in [0.15, 0.2) is 34.2 Å². The molecule has 1 unspecified atom stereocenters. The number of benzene rings is 1. The molecule has 0 radical (unpaired) electrons. The summed E-state index contributed by atoms with van der Waals surface area (Å²) in [6.45, 7) is 10.6. The number of nitrogens with one attached hydrogen (secondary N) is 2. The Balaban J connectivity index is 2.35. The summed E-state index contributed by atoms with van der Waals surface area (Å²) in [5, 5.41) is 6.71. The summed E-state index contributed by atoms with van der Waals surface area (Å²) >= 11 is 1.82. The first-order valence-electron chi connectivity index (χ1n) is 9.56. The van der Waals surface area contributed by atoms with E-state index in [9.17, 15) is 0 Å². The summed E-state index contributed by atoms with van der Waals surface area (Å²) in [6.07, 6.45) is 2.16. The van der Waals surface area contributed by atoms with E-state index < -0.39 is 0 Å². The highest BCUT2D eigenvalue weighted by Crippen LogP contribution is 2.29. The largest absolute Gasteiger partial charge is 0.496 e. The minimum Gasteiger partial charge on any atom is -0.496 e. The number of hydrogen-bond acceptors (Lipinski definition) is 4. The molecule has 0 aliphatic heterocycles. The summed E-state index contributed by atoms with van der Waals surface area (Å²) < 4.78 is 10.8. The first kappa shape index (κ1) is 22.6. The number of nitrogens with zero attached hydrogens (tertiary/aromatic N) is 1. The Bertz CT molecular complexity index is 512. The number of unbranched alkanes of at least 4 members (excludes halogenated alkanes) is 1. The van der Waals surface area contributed by atoms with Crippen molar-refractivity contribution in [3.8, 4) is 5.75 Å². The fraction of sp³-hybridized carbons (Fsp3) is 0.650. The van der Waals surface area contributed by atoms with Gasteiger partial charge in [-0.2, -0.15) is 0 Å². The van der Waals surface area contributed by atoms with Crippen molar-refractivity contribution in [1.29, 1.82) is 0 Å². The van der Waals surface area contributed by atoms with Crippen LogP contribution in [0, 0.1) is 5.92 Å². The number of hydrogen-bond donors (Lipinski definition) is 2. The molecule has 148 valence electrons. The van der Waals surface area contributed by atoms with Crippen LogP contribution in [0.25, 0.3) is 0 Å². The zero-order valence-electron chi connectivity index (χ0n) is 16.7. The van der Waals surface area contributed by atoms with Gasteiger partial charge in [-0.25, -0.2) is 0 Å². The molecule has 0 bridgehead atoms. The number of aliphatic imine (C=N–C) groups is 1. The first-order valence-corrected chi connectivity index (χ1v) is 10.6. The fourth-order valence-electron chi connectivity index (χ4n) is 2.29. The van der Waals surface area contributed by atoms with Crippen LogP contribution in [-0.4, -0.2) is 51.7 Å². The standard InChI is InChI=1S/C20H35N3O2S/c1-5-21-20(22-13-9-10-14-25-6-2)23-15-17(3)16-26-19-12-8-7-11-18(19)24-4/h7-8,11-12,17H,5-6,9-10,13-16H2,1-4H3,(H2,21,22,23). The molecule has 0 aliphatic carbocycles. The number of rotatable bonds is 13. The lowest BCUT2D eigenvalue weighted by Crippen LogP contribution is -2.38. The molecule has 0 fully saturated rings. The normalized spacial score (nSPS) is 12.7. The van der Waals surface area contributed by atoms with Gasteiger partial charge < -0.3 is 20.1 Å². The maximum absolute atomic E-state index is 5.41. The Hall–Kier alpha value is -1.40. The van der Waals surface area contributed by atoms with Crippen molar-refractivity contribution in [2.24, 2.45) is 10.9 Å². The average Bonchev–Trinajstić information content (AvgIpc) is 2.67. The van der Waals surface area contributed by atoms with Gasteiger partial charge in [-0.3, -0.25) is 4.99 Å². The SMILES string of the molecule is CCNC(=NCC(C)CSc1ccccc1OC)NCCCCOCC. The molecule has 0 amide bonds. The second kappa shape index (κ2) is 14.7. The Labute approximate surface area is 163 Å². The average molecular weight is 382 g/mol. The van der Waals surface area contributed by atoms with Gasteiger partial charge in [-0.1, -0.05) is 19.1 Å². The lowest BCUT2D eigenvalue weighted by Gasteiger charge is -2.14. The van der Waals surface area contributed by atoms with Gasteiger partial charge in [0.25, 0.3) is 0 Å². The Morgan fingerprint density at radius 2 is 2.00 bits per heavy atom. The van der Waals surface area contributed by atoms with E-state index >= 15 is 0 Å². The molecule has 26 heavy (non-hydrogen) atoms. The van der Waals surface area contributed by atoms with Gasteiger partial charge in [0, 0.05) is 43.5 Å². The van der Waals surface area contributed by atoms with Gasteiger partial charge in [0.1, 0.15) is 5.75 Å². The summed E-state index contributed by atoms with van der Waals surface area (Å²) in [5.41, 5.74) is 0. The molecule has 0 spiro atoms. The second-order valence-electron chi connectivity index (χ2n) is 6.12. The highest BCUT2D eigenvalue weighted by Gasteiger charge is 2.07. The zero-order chi connectivity index (χ0) is 19.0. The number of methoxy groups -OCH3 is 1. The molecule has 0 aromatic heterocycles. The zero-order valence-corrected chi connectivity index (χ0v) is 17.5. The van der Waals surface area contributed by atoms with Crippen molar-refractivity contribution in [3.63, 3.8) is 0 Å². The molecule has 2 N–H and O–H groups in total. The van der Waals surface area contributed by atoms with Gasteiger partial charge in [0.2, 0.25) is 0 Å². The van der Waals surface area contributed by atoms with Crippen molar-refractivity contribution in [2.45, 2.75) is 38.5 Å². The minimum absolute atomic E-state index is 0.485. The molecule has 0 aliphatic rings. The summed E-state index contributed by atoms with van der Waals surface area (Å²) in [5.74, 6) is 3.34. The van der Waals surface area contributed by atoms with Crippen LogP contribution in [0.3, 0.4) is 0 Å². The van der Waals surface area contributed by atoms with Crippen molar-refractivity contribution in [1.82, 2.24) is 10.6 Å². The lowest BCUT2D eigenvalue weighted by atomic mass is 10.2. The van der Waals surface area contributed by atoms with Crippen LogP contribution in [0.4, 0.5) is 0 Å². The van der Waals surface area contributed by atoms with Gasteiger partial charge in [0.15, 0.2) is 5.96 Å². The smallest absolute Gasteiger partial charge is 0.191 e. The van der Waals surface area contributed by atoms with E-state index in [1.807, 2.05) is 36.9 Å². The minimum atomic E-state index is 0.485. The Kier molecular flexibility index (Phi) is 12.8. The topological polar surface area (TPSA) is 54.9 Å². The molecule has 6 heteroatoms. The first-order chi connectivity index (χ1) is 12.7. The van der Waals surface area contributed by atoms with E-state index in [0.29, 0.717) is 5.92 Å². The van der Waals surface area contributed by atoms with Gasteiger partial charge >= 0.3 is 0 Å². The molecule has 5 nitrogen and oxygen atoms in total. The molecule has 1 aromatic rings. The number of thioether (sulfide) groups is 1. The highest BCUT2D eigenvalue weighted by molar-refractivity contribution is 7.99. The van der Waals surface area contributed by atoms with Crippen molar-refractivity contribution in [2.75, 3.05) is 45.7 Å². The van der Waals surface area contributed by atoms with Gasteiger partial charge in [-0.15, -0.1) is 11.8 Å². The van der Waals surface area contributed by atoms with Crippen LogP contribution in [0.1, 0.15) is 33.6 Å². The van der Waals surface area contributed by atoms with E-state index in [1.54, 1.807) is 7.11 Å². The fourth-order valence-corrected chi connectivity index (χ4v) is 3.33. The van der Waals surface area contributed by atoms with Crippen molar-refractivity contribution in [3.05, 3.63) is 24.3 Å². The third-order valence-corrected chi connectivity index (χ3v) is 5.09. The van der Waals surface area contributed by atoms with Crippen LogP contribution in [-0.2, 0) is 4.74 Å². The van der Waals surface area contributed by atoms with Crippen LogP contribution < -0.4 is 15.4 Å². The van der Waals surface area contributed by atoms with Gasteiger partial charge in [-0.05, 0) is 44.7 Å². The second-order valence-corrected chi connectivity index (χ2v) is 7.18. The van der Waals surface area contributed by atoms with Gasteiger partial charge in [0.05, 0.1) is 7.11 Å². The highest BCUT2D eigenvalue weighted by atomic mass is 32.2. The summed E-state index contributed by atoms with van der Waals surface area (Å²) in [6, 6.07) is 8.16. The molecule has 1 rings (SSSR count). The monoisotopic (exact) mass is 381 g/mol. The third-order valence-electron chi connectivity index (χ3n) is 3.71. The molecule has 0 saturated heterocycles. The van der Waals surface area contributed by atoms with Crippen LogP contribution in [0.2, 0.25) is 0 Å². The Morgan fingerprint density at radius 1 is 1.19 bits per heavy atom. The lowest BCUT2D eigenvalue weighted by molar-refractivity contribution is 0.143. The molecule has 1 aromatic carbocycles. The number of ether oxygens (including phenoxy) is 2. The van der Waals surface area contributed by atoms with Crippen molar-refractivity contribution < 1.29 is 9.47 Å². The van der Waals surface area contributed by atoms with E-state index in [-0.39, 0.29) is 0 Å². The van der Waals surface area contributed by atoms with Crippen LogP contribution in [0.5, 0.6) is 5.75 Å². The van der Waals surface area contributed by atoms with E-state index in [2.05, 4.69) is 30.5 Å². The molecule has 1 atom stereocenters. The maximum Gasteiger partial charge on any atom is 0.191 e. The van der Waals surface area contributed by atoms with E-state index in [0.717, 1.165) is 63.2 Å². The molecular weight excluding hydrogens is 346 g/mol. The predicted molar refractivity (Wildman–Crippen MR) is 113 cm³/mol. The predicted octanol–water partition coefficient (Wildman–Crippen LogP) is 3.80. The van der Waals surface area contributed by atoms with E-state index in [4.69, 9.17) is 14.5 Å². The Morgan fingerprint density at radius 3 is 2.73 bits per heavy atom. The number of guanidine groups is 1. The van der Waals surface area contributed by atoms with Crippen molar-refractivity contribution >= 4 is 17.7 Å².